The number of Topliss-reactive ketones (excluding diaryl/α,β-unsaturated/α-hetero) is 1. The second-order valence-corrected chi connectivity index (χ2v) is 8.82. The van der Waals surface area contributed by atoms with E-state index in [-0.39, 0.29) is 17.6 Å². The molecule has 2 aromatic carbocycles. The van der Waals surface area contributed by atoms with Gasteiger partial charge in [-0.2, -0.15) is 0 Å². The van der Waals surface area contributed by atoms with Gasteiger partial charge in [0, 0.05) is 54.5 Å². The summed E-state index contributed by atoms with van der Waals surface area (Å²) in [6.07, 6.45) is 1.79. The van der Waals surface area contributed by atoms with Crippen molar-refractivity contribution < 1.29 is 19.1 Å². The first-order valence-corrected chi connectivity index (χ1v) is 11.4. The van der Waals surface area contributed by atoms with Gasteiger partial charge in [-0.25, -0.2) is 4.79 Å². The standard InChI is InChI=1S/C26H31N5O4/c1-27-26(33)28-16-6-9-23-20(12-16)25(32)24(35-23)14-19-18-13-17(34-5)7-8-21(18)29-22(19)15-31(4)11-10-30(2)3/h6-9,12-14,29H,10-11,15H2,1-5H3,(H2,27,28,33). The fraction of sp³-hybridized carbons (Fsp3) is 0.308. The minimum atomic E-state index is -0.358. The van der Waals surface area contributed by atoms with Crippen LogP contribution in [0.5, 0.6) is 11.5 Å². The van der Waals surface area contributed by atoms with E-state index in [1.165, 1.54) is 7.05 Å². The number of carbonyl (C=O) groups is 2. The van der Waals surface area contributed by atoms with Crippen molar-refractivity contribution in [2.24, 2.45) is 0 Å². The monoisotopic (exact) mass is 477 g/mol. The molecule has 1 aromatic heterocycles. The Morgan fingerprint density at radius 2 is 1.94 bits per heavy atom. The molecule has 9 heteroatoms. The lowest BCUT2D eigenvalue weighted by molar-refractivity contribution is 0.101. The molecule has 2 heterocycles. The number of allylic oxidation sites excluding steroid dienone is 1. The fourth-order valence-electron chi connectivity index (χ4n) is 3.98. The van der Waals surface area contributed by atoms with Crippen LogP contribution in [0.4, 0.5) is 10.5 Å². The molecule has 4 rings (SSSR count). The summed E-state index contributed by atoms with van der Waals surface area (Å²) >= 11 is 0. The third kappa shape index (κ3) is 5.31. The first kappa shape index (κ1) is 24.3. The van der Waals surface area contributed by atoms with Crippen LogP contribution in [-0.4, -0.2) is 75.0 Å². The number of nitrogens with one attached hydrogen (secondary N) is 3. The number of carbonyl (C=O) groups excluding carboxylic acids is 2. The quantitative estimate of drug-likeness (QED) is 0.429. The van der Waals surface area contributed by atoms with E-state index >= 15 is 0 Å². The molecule has 3 aromatic rings. The van der Waals surface area contributed by atoms with Gasteiger partial charge in [0.15, 0.2) is 5.76 Å². The van der Waals surface area contributed by atoms with Crippen LogP contribution in [0.15, 0.2) is 42.2 Å². The highest BCUT2D eigenvalue weighted by atomic mass is 16.5. The van der Waals surface area contributed by atoms with Gasteiger partial charge in [0.05, 0.1) is 12.7 Å². The molecule has 1 aliphatic rings. The molecule has 0 fully saturated rings. The minimum absolute atomic E-state index is 0.232. The second kappa shape index (κ2) is 10.2. The van der Waals surface area contributed by atoms with Crippen molar-refractivity contribution in [2.75, 3.05) is 53.7 Å². The number of ketones is 1. The first-order chi connectivity index (χ1) is 16.8. The van der Waals surface area contributed by atoms with Crippen LogP contribution in [0.1, 0.15) is 21.6 Å². The van der Waals surface area contributed by atoms with Crippen LogP contribution in [0.3, 0.4) is 0 Å². The van der Waals surface area contributed by atoms with E-state index in [4.69, 9.17) is 9.47 Å². The van der Waals surface area contributed by atoms with Crippen LogP contribution in [-0.2, 0) is 6.54 Å². The van der Waals surface area contributed by atoms with Crippen LogP contribution in [0, 0.1) is 0 Å². The molecule has 9 nitrogen and oxygen atoms in total. The van der Waals surface area contributed by atoms with Gasteiger partial charge in [-0.3, -0.25) is 9.69 Å². The Hall–Kier alpha value is -3.82. The summed E-state index contributed by atoms with van der Waals surface area (Å²) in [5, 5.41) is 6.13. The number of anilines is 1. The number of rotatable bonds is 8. The number of hydrogen-bond donors (Lipinski definition) is 3. The molecule has 0 saturated carbocycles. The van der Waals surface area contributed by atoms with Gasteiger partial charge in [0.25, 0.3) is 0 Å². The van der Waals surface area contributed by atoms with Gasteiger partial charge in [-0.15, -0.1) is 0 Å². The number of urea groups is 1. The number of ether oxygens (including phenoxy) is 2. The Morgan fingerprint density at radius 1 is 1.14 bits per heavy atom. The smallest absolute Gasteiger partial charge is 0.318 e. The second-order valence-electron chi connectivity index (χ2n) is 8.82. The van der Waals surface area contributed by atoms with Crippen LogP contribution < -0.4 is 20.1 Å². The van der Waals surface area contributed by atoms with Crippen LogP contribution >= 0.6 is 0 Å². The minimum Gasteiger partial charge on any atom is -0.497 e. The number of methoxy groups -OCH3 is 1. The molecule has 0 aliphatic carbocycles. The largest absolute Gasteiger partial charge is 0.497 e. The van der Waals surface area contributed by atoms with E-state index < -0.39 is 0 Å². The van der Waals surface area contributed by atoms with Gasteiger partial charge in [-0.05, 0) is 63.6 Å². The van der Waals surface area contributed by atoms with Crippen molar-refractivity contribution in [1.82, 2.24) is 20.1 Å². The van der Waals surface area contributed by atoms with Gasteiger partial charge in [0.1, 0.15) is 11.5 Å². The number of fused-ring (bicyclic) bond motifs is 2. The SMILES string of the molecule is CNC(=O)Nc1ccc2c(c1)C(=O)C(=Cc1c(CN(C)CCN(C)C)[nH]c3ccc(OC)cc13)O2. The Bertz CT molecular complexity index is 1290. The average molecular weight is 478 g/mol. The van der Waals surface area contributed by atoms with Crippen molar-refractivity contribution in [3.8, 4) is 11.5 Å². The Balaban J connectivity index is 1.70. The highest BCUT2D eigenvalue weighted by Gasteiger charge is 2.29. The fourth-order valence-corrected chi connectivity index (χ4v) is 3.98. The maximum atomic E-state index is 13.2. The van der Waals surface area contributed by atoms with Gasteiger partial charge in [-0.1, -0.05) is 0 Å². The third-order valence-corrected chi connectivity index (χ3v) is 5.91. The van der Waals surface area contributed by atoms with E-state index in [0.717, 1.165) is 41.0 Å². The van der Waals surface area contributed by atoms with Crippen molar-refractivity contribution in [1.29, 1.82) is 0 Å². The topological polar surface area (TPSA) is 98.9 Å². The third-order valence-electron chi connectivity index (χ3n) is 5.91. The molecule has 0 radical (unpaired) electrons. The van der Waals surface area contributed by atoms with Crippen LogP contribution in [0.25, 0.3) is 17.0 Å². The Kier molecular flexibility index (Phi) is 7.09. The number of amides is 2. The molecule has 2 amide bonds. The molecular weight excluding hydrogens is 446 g/mol. The van der Waals surface area contributed by atoms with E-state index in [1.54, 1.807) is 31.4 Å². The lowest BCUT2D eigenvalue weighted by Gasteiger charge is -2.19. The summed E-state index contributed by atoms with van der Waals surface area (Å²) in [4.78, 5) is 32.8. The normalized spacial score (nSPS) is 14.0. The number of benzene rings is 2. The number of likely N-dealkylation sites (N-methyl/N-ethyl adjacent to an activating group) is 2. The lowest BCUT2D eigenvalue weighted by Crippen LogP contribution is -2.28. The first-order valence-electron chi connectivity index (χ1n) is 11.4. The van der Waals surface area contributed by atoms with Gasteiger partial charge >= 0.3 is 6.03 Å². The van der Waals surface area contributed by atoms with E-state index in [9.17, 15) is 9.59 Å². The van der Waals surface area contributed by atoms with Crippen molar-refractivity contribution in [3.63, 3.8) is 0 Å². The zero-order chi connectivity index (χ0) is 25.1. The molecule has 0 spiro atoms. The number of nitrogens with zero attached hydrogens (tertiary/aromatic N) is 2. The zero-order valence-corrected chi connectivity index (χ0v) is 20.7. The molecule has 0 atom stereocenters. The highest BCUT2D eigenvalue weighted by Crippen LogP contribution is 2.36. The Labute approximate surface area is 204 Å². The van der Waals surface area contributed by atoms with E-state index in [0.29, 0.717) is 23.5 Å². The Morgan fingerprint density at radius 3 is 2.66 bits per heavy atom. The molecule has 1 aliphatic heterocycles. The summed E-state index contributed by atoms with van der Waals surface area (Å²) in [5.74, 6) is 1.20. The summed E-state index contributed by atoms with van der Waals surface area (Å²) < 4.78 is 11.4. The zero-order valence-electron chi connectivity index (χ0n) is 20.7. The summed E-state index contributed by atoms with van der Waals surface area (Å²) in [7, 11) is 9.33. The number of hydrogen-bond acceptors (Lipinski definition) is 6. The molecule has 0 unspecified atom stereocenters. The summed E-state index contributed by atoms with van der Waals surface area (Å²) in [5.41, 5.74) is 3.74. The summed E-state index contributed by atoms with van der Waals surface area (Å²) in [6, 6.07) is 10.5. The number of aromatic amines is 1. The molecule has 3 N–H and O–H groups in total. The summed E-state index contributed by atoms with van der Waals surface area (Å²) in [6.45, 7) is 2.50. The average Bonchev–Trinajstić information content (AvgIpc) is 3.34. The van der Waals surface area contributed by atoms with E-state index in [2.05, 4.69) is 46.6 Å². The molecular formula is C26H31N5O4. The number of H-pyrrole nitrogens is 1. The van der Waals surface area contributed by atoms with E-state index in [1.807, 2.05) is 18.2 Å². The van der Waals surface area contributed by atoms with Gasteiger partial charge in [0.2, 0.25) is 5.78 Å². The van der Waals surface area contributed by atoms with Crippen molar-refractivity contribution >= 4 is 34.5 Å². The van der Waals surface area contributed by atoms with Crippen molar-refractivity contribution in [2.45, 2.75) is 6.54 Å². The predicted molar refractivity (Wildman–Crippen MR) is 137 cm³/mol. The predicted octanol–water partition coefficient (Wildman–Crippen LogP) is 3.54. The molecule has 35 heavy (non-hydrogen) atoms. The molecule has 0 saturated heterocycles. The lowest BCUT2D eigenvalue weighted by atomic mass is 10.1. The molecule has 184 valence electrons. The van der Waals surface area contributed by atoms with Gasteiger partial charge < -0.3 is 30.0 Å². The number of aromatic nitrogens is 1. The molecule has 0 bridgehead atoms. The van der Waals surface area contributed by atoms with Crippen LogP contribution in [0.2, 0.25) is 0 Å². The maximum Gasteiger partial charge on any atom is 0.318 e. The maximum absolute atomic E-state index is 13.2. The van der Waals surface area contributed by atoms with Crippen molar-refractivity contribution in [3.05, 3.63) is 59.0 Å². The highest BCUT2D eigenvalue weighted by molar-refractivity contribution is 6.16.